The molecule has 4 heteroatoms. The highest BCUT2D eigenvalue weighted by atomic mass is 79.9. The lowest BCUT2D eigenvalue weighted by molar-refractivity contribution is -0.131. The Morgan fingerprint density at radius 2 is 1.59 bits per heavy atom. The van der Waals surface area contributed by atoms with E-state index < -0.39 is 4.83 Å². The monoisotopic (exact) mass is 367 g/mol. The van der Waals surface area contributed by atoms with Gasteiger partial charge in [0.2, 0.25) is 5.91 Å². The van der Waals surface area contributed by atoms with Crippen LogP contribution in [-0.4, -0.2) is 34.5 Å². The van der Waals surface area contributed by atoms with E-state index in [4.69, 9.17) is 0 Å². The zero-order valence-corrected chi connectivity index (χ0v) is 15.1. The van der Waals surface area contributed by atoms with E-state index in [2.05, 4.69) is 29.8 Å². The Bertz CT molecular complexity index is 453. The third-order valence-corrected chi connectivity index (χ3v) is 4.35. The van der Waals surface area contributed by atoms with Crippen molar-refractivity contribution in [1.82, 2.24) is 4.90 Å². The van der Waals surface area contributed by atoms with Crippen LogP contribution in [0, 0.1) is 0 Å². The highest BCUT2D eigenvalue weighted by molar-refractivity contribution is 9.10. The normalized spacial score (nSPS) is 12.0. The summed E-state index contributed by atoms with van der Waals surface area (Å²) in [5.74, 6) is 0.0351. The van der Waals surface area contributed by atoms with Gasteiger partial charge in [-0.1, -0.05) is 73.0 Å². The fraction of sp³-hybridized carbons (Fsp3) is 0.556. The van der Waals surface area contributed by atoms with Crippen LogP contribution in [0.1, 0.15) is 56.3 Å². The summed E-state index contributed by atoms with van der Waals surface area (Å²) in [5, 5.41) is 0. The summed E-state index contributed by atoms with van der Waals surface area (Å²) in [6.45, 7) is 5.81. The first-order chi connectivity index (χ1) is 10.6. The number of Topliss-reactive ketones (excluding diaryl/α,β-unsaturated/α-hetero) is 1. The Balaban J connectivity index is 2.60. The SMILES string of the molecule is CCCCN(CCCC)C(=O)CC(Br)C(=O)c1ccccc1. The van der Waals surface area contributed by atoms with Gasteiger partial charge in [-0.15, -0.1) is 0 Å². The standard InChI is InChI=1S/C18H26BrNO2/c1-3-5-12-20(13-6-4-2)17(21)14-16(19)18(22)15-10-8-7-9-11-15/h7-11,16H,3-6,12-14H2,1-2H3. The average molecular weight is 368 g/mol. The first kappa shape index (κ1) is 18.9. The molecule has 0 fully saturated rings. The van der Waals surface area contributed by atoms with Gasteiger partial charge in [0.15, 0.2) is 5.78 Å². The molecule has 0 aliphatic carbocycles. The zero-order chi connectivity index (χ0) is 16.4. The summed E-state index contributed by atoms with van der Waals surface area (Å²) < 4.78 is 0. The molecular weight excluding hydrogens is 342 g/mol. The van der Waals surface area contributed by atoms with E-state index in [-0.39, 0.29) is 18.1 Å². The van der Waals surface area contributed by atoms with Gasteiger partial charge >= 0.3 is 0 Å². The van der Waals surface area contributed by atoms with E-state index in [1.807, 2.05) is 23.1 Å². The fourth-order valence-electron chi connectivity index (χ4n) is 2.22. The minimum atomic E-state index is -0.451. The molecule has 0 aliphatic rings. The maximum absolute atomic E-state index is 12.4. The van der Waals surface area contributed by atoms with Crippen LogP contribution in [-0.2, 0) is 4.79 Å². The molecule has 1 aromatic carbocycles. The maximum Gasteiger partial charge on any atom is 0.224 e. The van der Waals surface area contributed by atoms with Crippen molar-refractivity contribution in [1.29, 1.82) is 0 Å². The van der Waals surface area contributed by atoms with Crippen molar-refractivity contribution in [3.8, 4) is 0 Å². The van der Waals surface area contributed by atoms with Crippen molar-refractivity contribution in [2.75, 3.05) is 13.1 Å². The van der Waals surface area contributed by atoms with Gasteiger partial charge in [-0.05, 0) is 12.8 Å². The van der Waals surface area contributed by atoms with Crippen LogP contribution in [0.3, 0.4) is 0 Å². The number of amides is 1. The molecule has 0 spiro atoms. The van der Waals surface area contributed by atoms with Crippen molar-refractivity contribution in [3.05, 3.63) is 35.9 Å². The summed E-state index contributed by atoms with van der Waals surface area (Å²) in [6.07, 6.45) is 4.37. The van der Waals surface area contributed by atoms with Gasteiger partial charge in [0, 0.05) is 25.1 Å². The van der Waals surface area contributed by atoms with Gasteiger partial charge < -0.3 is 4.90 Å². The first-order valence-electron chi connectivity index (χ1n) is 8.11. The van der Waals surface area contributed by atoms with E-state index in [0.717, 1.165) is 38.8 Å². The second-order valence-corrected chi connectivity index (χ2v) is 6.60. The molecule has 0 saturated heterocycles. The third-order valence-electron chi connectivity index (χ3n) is 3.61. The second-order valence-electron chi connectivity index (χ2n) is 5.49. The Hall–Kier alpha value is -1.16. The van der Waals surface area contributed by atoms with Gasteiger partial charge in [-0.25, -0.2) is 0 Å². The Kier molecular flexibility index (Phi) is 9.05. The van der Waals surface area contributed by atoms with Gasteiger partial charge in [0.25, 0.3) is 0 Å². The van der Waals surface area contributed by atoms with Crippen molar-refractivity contribution < 1.29 is 9.59 Å². The Labute approximate surface area is 142 Å². The van der Waals surface area contributed by atoms with Gasteiger partial charge in [-0.3, -0.25) is 9.59 Å². The van der Waals surface area contributed by atoms with Gasteiger partial charge in [0.05, 0.1) is 4.83 Å². The minimum absolute atomic E-state index is 0.0279. The average Bonchev–Trinajstić information content (AvgIpc) is 2.54. The summed E-state index contributed by atoms with van der Waals surface area (Å²) in [5.41, 5.74) is 0.644. The number of halogens is 1. The largest absolute Gasteiger partial charge is 0.343 e. The zero-order valence-electron chi connectivity index (χ0n) is 13.6. The highest BCUT2D eigenvalue weighted by Gasteiger charge is 2.23. The molecular formula is C18H26BrNO2. The van der Waals surface area contributed by atoms with Crippen LogP contribution in [0.2, 0.25) is 0 Å². The number of benzene rings is 1. The van der Waals surface area contributed by atoms with Crippen molar-refractivity contribution in [3.63, 3.8) is 0 Å². The minimum Gasteiger partial charge on any atom is -0.343 e. The number of hydrogen-bond donors (Lipinski definition) is 0. The molecule has 0 heterocycles. The number of ketones is 1. The van der Waals surface area contributed by atoms with Crippen LogP contribution in [0.15, 0.2) is 30.3 Å². The molecule has 1 aromatic rings. The second kappa shape index (κ2) is 10.5. The number of unbranched alkanes of at least 4 members (excludes halogenated alkanes) is 2. The number of hydrogen-bond acceptors (Lipinski definition) is 2. The molecule has 22 heavy (non-hydrogen) atoms. The molecule has 1 rings (SSSR count). The first-order valence-corrected chi connectivity index (χ1v) is 9.02. The maximum atomic E-state index is 12.4. The number of rotatable bonds is 10. The molecule has 3 nitrogen and oxygen atoms in total. The molecule has 0 radical (unpaired) electrons. The lowest BCUT2D eigenvalue weighted by Gasteiger charge is -2.23. The van der Waals surface area contributed by atoms with Crippen LogP contribution in [0.5, 0.6) is 0 Å². The summed E-state index contributed by atoms with van der Waals surface area (Å²) in [6, 6.07) is 9.12. The number of carbonyl (C=O) groups is 2. The molecule has 0 bridgehead atoms. The van der Waals surface area contributed by atoms with Crippen LogP contribution >= 0.6 is 15.9 Å². The molecule has 0 aromatic heterocycles. The summed E-state index contributed by atoms with van der Waals surface area (Å²) in [4.78, 5) is 26.2. The van der Waals surface area contributed by atoms with E-state index in [1.54, 1.807) is 12.1 Å². The predicted molar refractivity (Wildman–Crippen MR) is 94.5 cm³/mol. The predicted octanol–water partition coefficient (Wildman–Crippen LogP) is 4.45. The number of carbonyl (C=O) groups excluding carboxylic acids is 2. The topological polar surface area (TPSA) is 37.4 Å². The fourth-order valence-corrected chi connectivity index (χ4v) is 2.76. The van der Waals surface area contributed by atoms with Gasteiger partial charge in [-0.2, -0.15) is 0 Å². The third kappa shape index (κ3) is 6.30. The molecule has 1 unspecified atom stereocenters. The highest BCUT2D eigenvalue weighted by Crippen LogP contribution is 2.15. The smallest absolute Gasteiger partial charge is 0.224 e. The van der Waals surface area contributed by atoms with Crippen LogP contribution < -0.4 is 0 Å². The number of alkyl halides is 1. The summed E-state index contributed by atoms with van der Waals surface area (Å²) >= 11 is 3.39. The molecule has 0 saturated carbocycles. The Morgan fingerprint density at radius 1 is 1.05 bits per heavy atom. The summed E-state index contributed by atoms with van der Waals surface area (Å²) in [7, 11) is 0. The van der Waals surface area contributed by atoms with Crippen LogP contribution in [0.25, 0.3) is 0 Å². The number of nitrogens with zero attached hydrogens (tertiary/aromatic N) is 1. The lowest BCUT2D eigenvalue weighted by Crippen LogP contribution is -2.35. The lowest BCUT2D eigenvalue weighted by atomic mass is 10.1. The molecule has 1 atom stereocenters. The van der Waals surface area contributed by atoms with Crippen molar-refractivity contribution >= 4 is 27.6 Å². The van der Waals surface area contributed by atoms with Crippen molar-refractivity contribution in [2.45, 2.75) is 50.8 Å². The van der Waals surface area contributed by atoms with Crippen LogP contribution in [0.4, 0.5) is 0 Å². The van der Waals surface area contributed by atoms with Gasteiger partial charge in [0.1, 0.15) is 0 Å². The van der Waals surface area contributed by atoms with Crippen molar-refractivity contribution in [2.24, 2.45) is 0 Å². The van der Waals surface area contributed by atoms with E-state index in [1.165, 1.54) is 0 Å². The van der Waals surface area contributed by atoms with E-state index >= 15 is 0 Å². The molecule has 122 valence electrons. The molecule has 1 amide bonds. The molecule has 0 N–H and O–H groups in total. The molecule has 0 aliphatic heterocycles. The van der Waals surface area contributed by atoms with E-state index in [0.29, 0.717) is 5.56 Å². The van der Waals surface area contributed by atoms with E-state index in [9.17, 15) is 9.59 Å². The quantitative estimate of drug-likeness (QED) is 0.452. The Morgan fingerprint density at radius 3 is 2.09 bits per heavy atom.